The number of rotatable bonds is 6. The van der Waals surface area contributed by atoms with Crippen molar-refractivity contribution in [2.24, 2.45) is 5.92 Å². The van der Waals surface area contributed by atoms with E-state index < -0.39 is 28.3 Å². The van der Waals surface area contributed by atoms with Crippen LogP contribution in [0, 0.1) is 18.7 Å². The Morgan fingerprint density at radius 3 is 2.56 bits per heavy atom. The van der Waals surface area contributed by atoms with Gasteiger partial charge in [0.1, 0.15) is 5.82 Å². The number of sulfonamides is 1. The first-order valence-electron chi connectivity index (χ1n) is 10.6. The van der Waals surface area contributed by atoms with Crippen molar-refractivity contribution in [2.75, 3.05) is 23.8 Å². The fourth-order valence-electron chi connectivity index (χ4n) is 3.97. The Hall–Kier alpha value is -2.78. The Kier molecular flexibility index (Phi) is 5.81. The predicted octanol–water partition coefficient (Wildman–Crippen LogP) is 3.08. The molecule has 0 spiro atoms. The Morgan fingerprint density at radius 2 is 1.91 bits per heavy atom. The molecule has 1 atom stereocenters. The van der Waals surface area contributed by atoms with Crippen molar-refractivity contribution in [3.8, 4) is 0 Å². The van der Waals surface area contributed by atoms with Crippen molar-refractivity contribution in [1.82, 2.24) is 4.31 Å². The van der Waals surface area contributed by atoms with Crippen molar-refractivity contribution in [1.29, 1.82) is 0 Å². The third-order valence-electron chi connectivity index (χ3n) is 5.96. The van der Waals surface area contributed by atoms with Gasteiger partial charge in [0, 0.05) is 30.4 Å². The van der Waals surface area contributed by atoms with Crippen LogP contribution in [-0.4, -0.2) is 44.2 Å². The highest BCUT2D eigenvalue weighted by atomic mass is 32.2. The first kappa shape index (κ1) is 22.4. The number of nitrogens with one attached hydrogen (secondary N) is 1. The van der Waals surface area contributed by atoms with Gasteiger partial charge >= 0.3 is 0 Å². The predicted molar refractivity (Wildman–Crippen MR) is 119 cm³/mol. The highest BCUT2D eigenvalue weighted by Crippen LogP contribution is 2.39. The molecular formula is C23H26FN3O4S. The summed E-state index contributed by atoms with van der Waals surface area (Å²) in [7, 11) is -2.60. The van der Waals surface area contributed by atoms with Gasteiger partial charge in [-0.2, -0.15) is 4.31 Å². The molecular weight excluding hydrogens is 433 g/mol. The molecule has 2 aromatic carbocycles. The molecule has 9 heteroatoms. The molecule has 2 amide bonds. The van der Waals surface area contributed by atoms with Crippen molar-refractivity contribution < 1.29 is 22.4 Å². The quantitative estimate of drug-likeness (QED) is 0.719. The highest BCUT2D eigenvalue weighted by Gasteiger charge is 2.40. The van der Waals surface area contributed by atoms with E-state index in [2.05, 4.69) is 5.32 Å². The van der Waals surface area contributed by atoms with Crippen LogP contribution in [0.4, 0.5) is 15.8 Å². The van der Waals surface area contributed by atoms with E-state index in [1.54, 1.807) is 30.0 Å². The zero-order chi connectivity index (χ0) is 23.2. The number of halogens is 1. The molecule has 7 nitrogen and oxygen atoms in total. The van der Waals surface area contributed by atoms with E-state index in [1.807, 2.05) is 6.92 Å². The van der Waals surface area contributed by atoms with Gasteiger partial charge in [0.25, 0.3) is 0 Å². The number of carbonyl (C=O) groups is 2. The molecule has 1 aliphatic carbocycles. The largest absolute Gasteiger partial charge is 0.325 e. The molecule has 2 aliphatic rings. The van der Waals surface area contributed by atoms with Crippen molar-refractivity contribution in [2.45, 2.75) is 44.0 Å². The molecule has 32 heavy (non-hydrogen) atoms. The smallest absolute Gasteiger partial charge is 0.243 e. The standard InChI is InChI=1S/C23H26FN3O4S/c1-14-4-7-18(12-20(14)24)25-22(28)13-26(3)32(30,31)19-8-9-21-17(11-19)10-15(2)27(21)23(29)16-5-6-16/h4,7-9,11-12,15-16H,5-6,10,13H2,1-3H3,(H,25,28)/t15-/m1/s1. The van der Waals surface area contributed by atoms with Gasteiger partial charge in [-0.3, -0.25) is 9.59 Å². The number of carbonyl (C=O) groups excluding carboxylic acids is 2. The number of amides is 2. The van der Waals surface area contributed by atoms with Crippen LogP contribution in [0.25, 0.3) is 0 Å². The number of aryl methyl sites for hydroxylation is 1. The zero-order valence-corrected chi connectivity index (χ0v) is 19.1. The molecule has 1 N–H and O–H groups in total. The fraction of sp³-hybridized carbons (Fsp3) is 0.391. The van der Waals surface area contributed by atoms with Crippen LogP contribution in [0.1, 0.15) is 30.9 Å². The van der Waals surface area contributed by atoms with Crippen LogP contribution >= 0.6 is 0 Å². The molecule has 0 bridgehead atoms. The summed E-state index contributed by atoms with van der Waals surface area (Å²) in [6.07, 6.45) is 2.40. The number of benzene rings is 2. The molecule has 0 aromatic heterocycles. The minimum Gasteiger partial charge on any atom is -0.325 e. The number of fused-ring (bicyclic) bond motifs is 1. The SMILES string of the molecule is Cc1ccc(NC(=O)CN(C)S(=O)(=O)c2ccc3c(c2)C[C@@H](C)N3C(=O)C2CC2)cc1F. The molecule has 4 rings (SSSR count). The molecule has 0 saturated heterocycles. The third kappa shape index (κ3) is 4.27. The normalized spacial score (nSPS) is 18.0. The van der Waals surface area contributed by atoms with Crippen molar-refractivity contribution in [3.63, 3.8) is 0 Å². The third-order valence-corrected chi connectivity index (χ3v) is 7.76. The fourth-order valence-corrected chi connectivity index (χ4v) is 5.15. The van der Waals surface area contributed by atoms with Gasteiger partial charge in [0.2, 0.25) is 21.8 Å². The van der Waals surface area contributed by atoms with Crippen LogP contribution in [0.2, 0.25) is 0 Å². The van der Waals surface area contributed by atoms with Crippen molar-refractivity contribution >= 4 is 33.2 Å². The van der Waals surface area contributed by atoms with Gasteiger partial charge < -0.3 is 10.2 Å². The Bertz CT molecular complexity index is 1190. The van der Waals surface area contributed by atoms with Gasteiger partial charge in [-0.15, -0.1) is 0 Å². The second-order valence-corrected chi connectivity index (χ2v) is 10.6. The molecule has 1 saturated carbocycles. The first-order valence-corrected chi connectivity index (χ1v) is 12.0. The molecule has 170 valence electrons. The summed E-state index contributed by atoms with van der Waals surface area (Å²) in [6, 6.07) is 9.01. The van der Waals surface area contributed by atoms with Gasteiger partial charge in [-0.05, 0) is 74.6 Å². The summed E-state index contributed by atoms with van der Waals surface area (Å²) in [4.78, 5) is 26.8. The van der Waals surface area contributed by atoms with E-state index in [0.29, 0.717) is 12.0 Å². The lowest BCUT2D eigenvalue weighted by Gasteiger charge is -2.23. The molecule has 1 fully saturated rings. The summed E-state index contributed by atoms with van der Waals surface area (Å²) in [6.45, 7) is 3.15. The Labute approximate surface area is 187 Å². The lowest BCUT2D eigenvalue weighted by Crippen LogP contribution is -2.36. The second-order valence-electron chi connectivity index (χ2n) is 8.60. The Balaban J connectivity index is 1.48. The minimum atomic E-state index is -3.93. The summed E-state index contributed by atoms with van der Waals surface area (Å²) >= 11 is 0. The number of nitrogens with zero attached hydrogens (tertiary/aromatic N) is 2. The summed E-state index contributed by atoms with van der Waals surface area (Å²) in [5, 5.41) is 2.52. The van der Waals surface area contributed by atoms with Gasteiger partial charge in [-0.25, -0.2) is 12.8 Å². The van der Waals surface area contributed by atoms with Gasteiger partial charge in [-0.1, -0.05) is 6.07 Å². The summed E-state index contributed by atoms with van der Waals surface area (Å²) < 4.78 is 40.7. The van der Waals surface area contributed by atoms with Crippen LogP contribution in [0.3, 0.4) is 0 Å². The molecule has 1 aliphatic heterocycles. The molecule has 0 unspecified atom stereocenters. The first-order chi connectivity index (χ1) is 15.1. The number of likely N-dealkylation sites (N-methyl/N-ethyl adjacent to an activating group) is 1. The number of anilines is 2. The van der Waals surface area contributed by atoms with Gasteiger partial charge in [0.15, 0.2) is 0 Å². The van der Waals surface area contributed by atoms with Gasteiger partial charge in [0.05, 0.1) is 11.4 Å². The average molecular weight is 460 g/mol. The van der Waals surface area contributed by atoms with Crippen LogP contribution in [0.15, 0.2) is 41.3 Å². The van der Waals surface area contributed by atoms with E-state index in [9.17, 15) is 22.4 Å². The van der Waals surface area contributed by atoms with E-state index in [1.165, 1.54) is 25.2 Å². The molecule has 0 radical (unpaired) electrons. The monoisotopic (exact) mass is 459 g/mol. The topological polar surface area (TPSA) is 86.8 Å². The summed E-state index contributed by atoms with van der Waals surface area (Å²) in [5.41, 5.74) is 2.28. The summed E-state index contributed by atoms with van der Waals surface area (Å²) in [5.74, 6) is -0.840. The Morgan fingerprint density at radius 1 is 1.19 bits per heavy atom. The van der Waals surface area contributed by atoms with Crippen molar-refractivity contribution in [3.05, 3.63) is 53.3 Å². The maximum absolute atomic E-state index is 13.7. The zero-order valence-electron chi connectivity index (χ0n) is 18.3. The van der Waals surface area contributed by atoms with E-state index >= 15 is 0 Å². The number of hydrogen-bond acceptors (Lipinski definition) is 4. The van der Waals surface area contributed by atoms with Crippen LogP contribution in [-0.2, 0) is 26.0 Å². The second kappa shape index (κ2) is 8.29. The highest BCUT2D eigenvalue weighted by molar-refractivity contribution is 7.89. The van der Waals surface area contributed by atoms with Crippen LogP contribution < -0.4 is 10.2 Å². The maximum Gasteiger partial charge on any atom is 0.243 e. The van der Waals surface area contributed by atoms with E-state index in [-0.39, 0.29) is 28.4 Å². The maximum atomic E-state index is 13.7. The van der Waals surface area contributed by atoms with E-state index in [0.717, 1.165) is 28.4 Å². The minimum absolute atomic E-state index is 0.0190. The lowest BCUT2D eigenvalue weighted by atomic mass is 10.1. The molecule has 1 heterocycles. The molecule has 2 aromatic rings. The average Bonchev–Trinajstić information content (AvgIpc) is 3.52. The van der Waals surface area contributed by atoms with E-state index in [4.69, 9.17) is 0 Å². The van der Waals surface area contributed by atoms with Crippen LogP contribution in [0.5, 0.6) is 0 Å². The lowest BCUT2D eigenvalue weighted by molar-refractivity contribution is -0.120. The number of hydrogen-bond donors (Lipinski definition) is 1.